The van der Waals surface area contributed by atoms with Crippen molar-refractivity contribution in [3.8, 4) is 0 Å². The fourth-order valence-corrected chi connectivity index (χ4v) is 0.409. The maximum atomic E-state index is 10.1. The number of aldehydes is 1. The van der Waals surface area contributed by atoms with Gasteiger partial charge < -0.3 is 14.3 Å². The lowest BCUT2D eigenvalue weighted by molar-refractivity contribution is -0.127. The molecule has 0 saturated heterocycles. The third-order valence-corrected chi connectivity index (χ3v) is 0.954. The minimum Gasteiger partial charge on any atom is -0.359 e. The van der Waals surface area contributed by atoms with Crippen molar-refractivity contribution >= 4 is 6.29 Å². The van der Waals surface area contributed by atoms with Crippen molar-refractivity contribution in [3.63, 3.8) is 0 Å². The summed E-state index contributed by atoms with van der Waals surface area (Å²) in [7, 11) is 1.53. The molecule has 3 nitrogen and oxygen atoms in total. The van der Waals surface area contributed by atoms with Gasteiger partial charge in [0.25, 0.3) is 0 Å². The summed E-state index contributed by atoms with van der Waals surface area (Å²) in [4.78, 5) is 10.1. The van der Waals surface area contributed by atoms with Crippen LogP contribution in [0.3, 0.4) is 0 Å². The highest BCUT2D eigenvalue weighted by Gasteiger charge is 2.01. The Labute approximate surface area is 55.0 Å². The Kier molecular flexibility index (Phi) is 5.46. The monoisotopic (exact) mass is 132 g/mol. The summed E-state index contributed by atoms with van der Waals surface area (Å²) in [6, 6.07) is 0. The molecule has 0 aromatic carbocycles. The number of methoxy groups -OCH3 is 1. The van der Waals surface area contributed by atoms with Gasteiger partial charge in [0.15, 0.2) is 0 Å². The molecule has 0 fully saturated rings. The minimum absolute atomic E-state index is 0.192. The predicted octanol–water partition coefficient (Wildman–Crippen LogP) is 0.584. The van der Waals surface area contributed by atoms with E-state index in [4.69, 9.17) is 4.74 Å². The Morgan fingerprint density at radius 1 is 1.67 bits per heavy atom. The summed E-state index contributed by atoms with van der Waals surface area (Å²) in [5.41, 5.74) is 0. The first kappa shape index (κ1) is 8.59. The van der Waals surface area contributed by atoms with Crippen molar-refractivity contribution in [2.45, 2.75) is 19.4 Å². The first-order valence-electron chi connectivity index (χ1n) is 2.91. The van der Waals surface area contributed by atoms with E-state index in [1.54, 1.807) is 0 Å². The quantitative estimate of drug-likeness (QED) is 0.405. The summed E-state index contributed by atoms with van der Waals surface area (Å²) in [6.45, 7) is 2.08. The van der Waals surface area contributed by atoms with Gasteiger partial charge in [-0.1, -0.05) is 6.92 Å². The van der Waals surface area contributed by atoms with Gasteiger partial charge in [-0.3, -0.25) is 0 Å². The van der Waals surface area contributed by atoms with Gasteiger partial charge in [-0.15, -0.1) is 0 Å². The molecule has 0 aromatic rings. The second-order valence-corrected chi connectivity index (χ2v) is 1.66. The largest absolute Gasteiger partial charge is 0.359 e. The number of carbonyl (C=O) groups excluding carboxylic acids is 1. The molecule has 0 rings (SSSR count). The van der Waals surface area contributed by atoms with E-state index < -0.39 is 0 Å². The van der Waals surface area contributed by atoms with Gasteiger partial charge in [0.1, 0.15) is 19.2 Å². The summed E-state index contributed by atoms with van der Waals surface area (Å²) in [5.74, 6) is 0. The Hall–Kier alpha value is -0.410. The smallest absolute Gasteiger partial charge is 0.148 e. The average molecular weight is 132 g/mol. The molecule has 0 heterocycles. The fraction of sp³-hybridized carbons (Fsp3) is 0.833. The molecule has 0 N–H and O–H groups in total. The van der Waals surface area contributed by atoms with Crippen molar-refractivity contribution in [3.05, 3.63) is 0 Å². The van der Waals surface area contributed by atoms with E-state index in [-0.39, 0.29) is 12.9 Å². The van der Waals surface area contributed by atoms with E-state index in [1.807, 2.05) is 6.92 Å². The number of rotatable bonds is 5. The second kappa shape index (κ2) is 5.72. The lowest BCUT2D eigenvalue weighted by atomic mass is 10.3. The zero-order valence-electron chi connectivity index (χ0n) is 5.79. The van der Waals surface area contributed by atoms with Crippen LogP contribution in [0.25, 0.3) is 0 Å². The zero-order valence-corrected chi connectivity index (χ0v) is 5.79. The van der Waals surface area contributed by atoms with Crippen molar-refractivity contribution in [1.82, 2.24) is 0 Å². The van der Waals surface area contributed by atoms with Crippen molar-refractivity contribution < 1.29 is 14.3 Å². The second-order valence-electron chi connectivity index (χ2n) is 1.66. The highest BCUT2D eigenvalue weighted by molar-refractivity contribution is 5.55. The molecule has 0 amide bonds. The van der Waals surface area contributed by atoms with Crippen LogP contribution < -0.4 is 0 Å². The topological polar surface area (TPSA) is 35.5 Å². The van der Waals surface area contributed by atoms with E-state index in [0.29, 0.717) is 6.42 Å². The van der Waals surface area contributed by atoms with Crippen LogP contribution in [0.4, 0.5) is 0 Å². The zero-order chi connectivity index (χ0) is 7.11. The highest BCUT2D eigenvalue weighted by atomic mass is 16.7. The summed E-state index contributed by atoms with van der Waals surface area (Å²) in [5, 5.41) is 0. The number of carbonyl (C=O) groups is 1. The minimum atomic E-state index is -0.301. The molecule has 3 heteroatoms. The molecule has 0 spiro atoms. The van der Waals surface area contributed by atoms with E-state index in [0.717, 1.165) is 6.29 Å². The van der Waals surface area contributed by atoms with Crippen LogP contribution in [0.1, 0.15) is 13.3 Å². The van der Waals surface area contributed by atoms with Gasteiger partial charge in [-0.25, -0.2) is 0 Å². The van der Waals surface area contributed by atoms with Crippen LogP contribution in [0.5, 0.6) is 0 Å². The van der Waals surface area contributed by atoms with Gasteiger partial charge in [-0.2, -0.15) is 0 Å². The normalized spacial score (nSPS) is 13.1. The standard InChI is InChI=1S/C6H12O3/c1-3-6(4-7)9-5-8-2/h4,6H,3,5H2,1-2H3/t6-/m1/s1. The van der Waals surface area contributed by atoms with Crippen LogP contribution in [-0.4, -0.2) is 26.3 Å². The van der Waals surface area contributed by atoms with Crippen molar-refractivity contribution in [1.29, 1.82) is 0 Å². The average Bonchev–Trinajstić information content (AvgIpc) is 1.91. The third-order valence-electron chi connectivity index (χ3n) is 0.954. The van der Waals surface area contributed by atoms with Crippen LogP contribution in [0.15, 0.2) is 0 Å². The van der Waals surface area contributed by atoms with Gasteiger partial charge in [0.2, 0.25) is 0 Å². The maximum Gasteiger partial charge on any atom is 0.148 e. The molecule has 1 atom stereocenters. The van der Waals surface area contributed by atoms with Crippen molar-refractivity contribution in [2.24, 2.45) is 0 Å². The van der Waals surface area contributed by atoms with Crippen molar-refractivity contribution in [2.75, 3.05) is 13.9 Å². The van der Waals surface area contributed by atoms with Crippen LogP contribution in [-0.2, 0) is 14.3 Å². The van der Waals surface area contributed by atoms with Gasteiger partial charge >= 0.3 is 0 Å². The number of hydrogen-bond donors (Lipinski definition) is 0. The number of ether oxygens (including phenoxy) is 2. The molecular formula is C6H12O3. The summed E-state index contributed by atoms with van der Waals surface area (Å²) in [6.07, 6.45) is 1.18. The third kappa shape index (κ3) is 4.12. The molecule has 0 unspecified atom stereocenters. The van der Waals surface area contributed by atoms with Gasteiger partial charge in [-0.05, 0) is 6.42 Å². The van der Waals surface area contributed by atoms with E-state index in [1.165, 1.54) is 7.11 Å². The fourth-order valence-electron chi connectivity index (χ4n) is 0.409. The number of hydrogen-bond acceptors (Lipinski definition) is 3. The molecule has 0 radical (unpaired) electrons. The van der Waals surface area contributed by atoms with E-state index >= 15 is 0 Å². The molecule has 0 bridgehead atoms. The Morgan fingerprint density at radius 3 is 2.67 bits per heavy atom. The molecule has 0 aliphatic rings. The van der Waals surface area contributed by atoms with E-state index in [2.05, 4.69) is 4.74 Å². The molecule has 9 heavy (non-hydrogen) atoms. The Balaban J connectivity index is 3.20. The molecule has 54 valence electrons. The summed E-state index contributed by atoms with van der Waals surface area (Å²) >= 11 is 0. The molecule has 0 aromatic heterocycles. The summed E-state index contributed by atoms with van der Waals surface area (Å²) < 4.78 is 9.49. The molecule has 0 aliphatic heterocycles. The van der Waals surface area contributed by atoms with Crippen LogP contribution in [0.2, 0.25) is 0 Å². The van der Waals surface area contributed by atoms with Gasteiger partial charge in [0.05, 0.1) is 0 Å². The predicted molar refractivity (Wildman–Crippen MR) is 33.1 cm³/mol. The first-order valence-corrected chi connectivity index (χ1v) is 2.91. The lowest BCUT2D eigenvalue weighted by Gasteiger charge is -2.06. The lowest BCUT2D eigenvalue weighted by Crippen LogP contribution is -2.14. The van der Waals surface area contributed by atoms with Crippen LogP contribution >= 0.6 is 0 Å². The molecule has 0 saturated carbocycles. The SMILES string of the molecule is CC[C@H](C=O)OCOC. The van der Waals surface area contributed by atoms with E-state index in [9.17, 15) is 4.79 Å². The first-order chi connectivity index (χ1) is 4.35. The maximum absolute atomic E-state index is 10.1. The Bertz CT molecular complexity index is 72.7. The van der Waals surface area contributed by atoms with Gasteiger partial charge in [0, 0.05) is 7.11 Å². The Morgan fingerprint density at radius 2 is 2.33 bits per heavy atom. The molecular weight excluding hydrogens is 120 g/mol. The van der Waals surface area contributed by atoms with Crippen LogP contribution in [0, 0.1) is 0 Å². The highest BCUT2D eigenvalue weighted by Crippen LogP contribution is 1.92. The molecule has 0 aliphatic carbocycles.